The third kappa shape index (κ3) is 4.16. The van der Waals surface area contributed by atoms with Gasteiger partial charge in [-0.15, -0.1) is 0 Å². The molecule has 0 radical (unpaired) electrons. The van der Waals surface area contributed by atoms with Crippen molar-refractivity contribution < 1.29 is 18.8 Å². The van der Waals surface area contributed by atoms with Crippen LogP contribution in [0.15, 0.2) is 65.9 Å². The van der Waals surface area contributed by atoms with Crippen molar-refractivity contribution in [2.24, 2.45) is 0 Å². The van der Waals surface area contributed by atoms with Gasteiger partial charge in [-0.1, -0.05) is 42.5 Å². The monoisotopic (exact) mass is 462 g/mol. The molecule has 8 heteroatoms. The van der Waals surface area contributed by atoms with Crippen molar-refractivity contribution in [1.29, 1.82) is 0 Å². The minimum Gasteiger partial charge on any atom is -0.352 e. The number of hydrogen-bond donors (Lipinski definition) is 2. The fourth-order valence-corrected chi connectivity index (χ4v) is 4.71. The molecule has 176 valence electrons. The van der Waals surface area contributed by atoms with Gasteiger partial charge in [0.2, 0.25) is 5.91 Å². The molecular formula is C26H27FN4O3. The first-order valence-corrected chi connectivity index (χ1v) is 11.7. The largest absolute Gasteiger partial charge is 0.352 e. The number of nitrogens with zero attached hydrogens (tertiary/aromatic N) is 2. The number of benzene rings is 2. The first-order valence-electron chi connectivity index (χ1n) is 11.7. The molecule has 4 amide bonds. The minimum atomic E-state index is -0.705. The zero-order valence-electron chi connectivity index (χ0n) is 19.0. The van der Waals surface area contributed by atoms with Gasteiger partial charge in [0, 0.05) is 19.0 Å². The Morgan fingerprint density at radius 2 is 1.82 bits per heavy atom. The first-order chi connectivity index (χ1) is 16.5. The lowest BCUT2D eigenvalue weighted by molar-refractivity contribution is -0.136. The topological polar surface area (TPSA) is 81.8 Å². The average molecular weight is 463 g/mol. The van der Waals surface area contributed by atoms with Gasteiger partial charge >= 0.3 is 6.03 Å². The standard InChI is InChI=1S/C26H27FN4O3/c1-2-30-21-15-31(20(24(32)28-19-12-13-19)14-16-6-4-3-5-7-16)25(33)22(21)23(29-26(30)34)17-8-10-18(27)11-9-17/h3-11,19-20,23H,2,12-15H2,1H3,(H,28,32)(H,29,34)/t20-,23-/m1/s1. The molecule has 2 N–H and O–H groups in total. The number of rotatable bonds is 7. The maximum atomic E-state index is 13.8. The molecule has 0 bridgehead atoms. The number of carbonyl (C=O) groups is 3. The molecule has 2 atom stereocenters. The number of halogens is 1. The summed E-state index contributed by atoms with van der Waals surface area (Å²) in [5, 5.41) is 5.94. The number of urea groups is 1. The maximum absolute atomic E-state index is 13.8. The molecule has 5 rings (SSSR count). The van der Waals surface area contributed by atoms with E-state index in [1.807, 2.05) is 37.3 Å². The van der Waals surface area contributed by atoms with Crippen molar-refractivity contribution in [1.82, 2.24) is 20.4 Å². The van der Waals surface area contributed by atoms with E-state index in [1.165, 1.54) is 12.1 Å². The molecule has 2 aliphatic heterocycles. The average Bonchev–Trinajstić information content (AvgIpc) is 3.59. The van der Waals surface area contributed by atoms with E-state index in [-0.39, 0.29) is 30.4 Å². The summed E-state index contributed by atoms with van der Waals surface area (Å²) in [7, 11) is 0. The fraction of sp³-hybridized carbons (Fsp3) is 0.346. The molecule has 2 aromatic rings. The number of likely N-dealkylation sites (N-methyl/N-ethyl adjacent to an activating group) is 1. The van der Waals surface area contributed by atoms with E-state index in [0.29, 0.717) is 29.8 Å². The molecule has 7 nitrogen and oxygen atoms in total. The van der Waals surface area contributed by atoms with E-state index in [0.717, 1.165) is 18.4 Å². The second kappa shape index (κ2) is 8.93. The van der Waals surface area contributed by atoms with Crippen LogP contribution in [0, 0.1) is 5.82 Å². The molecule has 1 aliphatic carbocycles. The van der Waals surface area contributed by atoms with Crippen LogP contribution < -0.4 is 10.6 Å². The maximum Gasteiger partial charge on any atom is 0.322 e. The zero-order valence-corrected chi connectivity index (χ0v) is 19.0. The summed E-state index contributed by atoms with van der Waals surface area (Å²) in [6, 6.07) is 13.8. The second-order valence-corrected chi connectivity index (χ2v) is 8.96. The Bertz CT molecular complexity index is 1140. The Labute approximate surface area is 197 Å². The number of nitrogens with one attached hydrogen (secondary N) is 2. The molecule has 2 heterocycles. The van der Waals surface area contributed by atoms with E-state index in [1.54, 1.807) is 21.9 Å². The Morgan fingerprint density at radius 3 is 2.47 bits per heavy atom. The number of carbonyl (C=O) groups excluding carboxylic acids is 3. The van der Waals surface area contributed by atoms with E-state index >= 15 is 0 Å². The SMILES string of the molecule is CCN1C(=O)N[C@H](c2ccc(F)cc2)C2=C1CN([C@H](Cc1ccccc1)C(=O)NC1CC1)C2=O. The summed E-state index contributed by atoms with van der Waals surface area (Å²) < 4.78 is 13.5. The van der Waals surface area contributed by atoms with Gasteiger partial charge < -0.3 is 15.5 Å². The zero-order chi connectivity index (χ0) is 23.8. The Morgan fingerprint density at radius 1 is 1.12 bits per heavy atom. The summed E-state index contributed by atoms with van der Waals surface area (Å²) in [4.78, 5) is 43.1. The summed E-state index contributed by atoms with van der Waals surface area (Å²) >= 11 is 0. The molecule has 0 saturated heterocycles. The van der Waals surface area contributed by atoms with Crippen molar-refractivity contribution in [2.45, 2.75) is 44.3 Å². The number of amides is 4. The molecule has 0 unspecified atom stereocenters. The van der Waals surface area contributed by atoms with E-state index in [9.17, 15) is 18.8 Å². The van der Waals surface area contributed by atoms with Crippen molar-refractivity contribution in [3.63, 3.8) is 0 Å². The van der Waals surface area contributed by atoms with E-state index in [4.69, 9.17) is 0 Å². The Hall–Kier alpha value is -3.68. The molecule has 2 aromatic carbocycles. The molecule has 1 saturated carbocycles. The predicted molar refractivity (Wildman–Crippen MR) is 124 cm³/mol. The van der Waals surface area contributed by atoms with Crippen LogP contribution in [0.3, 0.4) is 0 Å². The van der Waals surface area contributed by atoms with E-state index < -0.39 is 17.9 Å². The van der Waals surface area contributed by atoms with Gasteiger partial charge in [-0.3, -0.25) is 14.5 Å². The quantitative estimate of drug-likeness (QED) is 0.664. The van der Waals surface area contributed by atoms with Crippen LogP contribution in [-0.4, -0.2) is 52.8 Å². The highest BCUT2D eigenvalue weighted by Gasteiger charge is 2.47. The Kier molecular flexibility index (Phi) is 5.81. The summed E-state index contributed by atoms with van der Waals surface area (Å²) in [5.74, 6) is -0.857. The van der Waals surface area contributed by atoms with E-state index in [2.05, 4.69) is 10.6 Å². The van der Waals surface area contributed by atoms with Crippen LogP contribution in [0.4, 0.5) is 9.18 Å². The lowest BCUT2D eigenvalue weighted by Crippen LogP contribution is -2.50. The van der Waals surface area contributed by atoms with Gasteiger partial charge in [0.05, 0.1) is 23.9 Å². The van der Waals surface area contributed by atoms with Gasteiger partial charge in [0.15, 0.2) is 0 Å². The molecule has 0 aromatic heterocycles. The fourth-order valence-electron chi connectivity index (χ4n) is 4.71. The Balaban J connectivity index is 1.50. The van der Waals surface area contributed by atoms with Crippen molar-refractivity contribution in [3.05, 3.63) is 82.8 Å². The smallest absolute Gasteiger partial charge is 0.322 e. The lowest BCUT2D eigenvalue weighted by Gasteiger charge is -2.32. The van der Waals surface area contributed by atoms with Gasteiger partial charge in [-0.25, -0.2) is 9.18 Å². The first kappa shape index (κ1) is 22.1. The van der Waals surface area contributed by atoms with Gasteiger partial charge in [-0.2, -0.15) is 0 Å². The molecule has 34 heavy (non-hydrogen) atoms. The third-order valence-electron chi connectivity index (χ3n) is 6.64. The summed E-state index contributed by atoms with van der Waals surface area (Å²) in [6.45, 7) is 2.40. The van der Waals surface area contributed by atoms with Crippen LogP contribution in [0.25, 0.3) is 0 Å². The lowest BCUT2D eigenvalue weighted by atomic mass is 9.95. The van der Waals surface area contributed by atoms with Crippen molar-refractivity contribution in [3.8, 4) is 0 Å². The van der Waals surface area contributed by atoms with Crippen LogP contribution in [0.1, 0.15) is 36.9 Å². The summed E-state index contributed by atoms with van der Waals surface area (Å²) in [5.41, 5.74) is 2.61. The predicted octanol–water partition coefficient (Wildman–Crippen LogP) is 2.90. The van der Waals surface area contributed by atoms with Crippen LogP contribution in [0.2, 0.25) is 0 Å². The van der Waals surface area contributed by atoms with Crippen LogP contribution in [-0.2, 0) is 16.0 Å². The third-order valence-corrected chi connectivity index (χ3v) is 6.64. The van der Waals surface area contributed by atoms with Crippen molar-refractivity contribution in [2.75, 3.05) is 13.1 Å². The van der Waals surface area contributed by atoms with Crippen molar-refractivity contribution >= 4 is 17.8 Å². The molecule has 0 spiro atoms. The highest BCUT2D eigenvalue weighted by atomic mass is 19.1. The highest BCUT2D eigenvalue weighted by molar-refractivity contribution is 6.03. The van der Waals surface area contributed by atoms with Crippen LogP contribution in [0.5, 0.6) is 0 Å². The number of hydrogen-bond acceptors (Lipinski definition) is 3. The molecule has 3 aliphatic rings. The van der Waals surface area contributed by atoms with Crippen LogP contribution >= 0.6 is 0 Å². The normalized spacial score (nSPS) is 20.8. The molecule has 1 fully saturated rings. The minimum absolute atomic E-state index is 0.161. The molecular weight excluding hydrogens is 435 g/mol. The summed E-state index contributed by atoms with van der Waals surface area (Å²) in [6.07, 6.45) is 2.27. The van der Waals surface area contributed by atoms with Gasteiger partial charge in [-0.05, 0) is 43.0 Å². The highest BCUT2D eigenvalue weighted by Crippen LogP contribution is 2.37. The second-order valence-electron chi connectivity index (χ2n) is 8.96. The van der Waals surface area contributed by atoms with Gasteiger partial charge in [0.1, 0.15) is 11.9 Å². The van der Waals surface area contributed by atoms with Gasteiger partial charge in [0.25, 0.3) is 5.91 Å².